The topological polar surface area (TPSA) is 37.3 Å². The zero-order chi connectivity index (χ0) is 14.7. The van der Waals surface area contributed by atoms with Crippen LogP contribution in [0.3, 0.4) is 0 Å². The second-order valence-electron chi connectivity index (χ2n) is 3.98. The first kappa shape index (κ1) is 14.8. The van der Waals surface area contributed by atoms with Gasteiger partial charge in [0, 0.05) is 10.6 Å². The average molecular weight is 315 g/mol. The third kappa shape index (κ3) is 3.49. The lowest BCUT2D eigenvalue weighted by atomic mass is 10.1. The van der Waals surface area contributed by atoms with Gasteiger partial charge in [-0.25, -0.2) is 13.6 Å². The van der Waals surface area contributed by atoms with Gasteiger partial charge in [0.25, 0.3) is 0 Å². The van der Waals surface area contributed by atoms with Crippen LogP contribution in [0, 0.1) is 11.6 Å². The third-order valence-corrected chi connectivity index (χ3v) is 3.92. The highest BCUT2D eigenvalue weighted by molar-refractivity contribution is 7.98. The first-order valence-electron chi connectivity index (χ1n) is 5.57. The summed E-state index contributed by atoms with van der Waals surface area (Å²) in [5.74, 6) is -2.13. The molecular formula is C14H9ClF2O2S. The average Bonchev–Trinajstić information content (AvgIpc) is 2.40. The molecule has 2 nitrogen and oxygen atoms in total. The van der Waals surface area contributed by atoms with Crippen molar-refractivity contribution in [3.05, 3.63) is 64.2 Å². The molecule has 20 heavy (non-hydrogen) atoms. The van der Waals surface area contributed by atoms with Crippen molar-refractivity contribution in [2.24, 2.45) is 0 Å². The van der Waals surface area contributed by atoms with Crippen molar-refractivity contribution in [3.8, 4) is 0 Å². The minimum absolute atomic E-state index is 0.0300. The summed E-state index contributed by atoms with van der Waals surface area (Å²) in [6, 6.07) is 8.29. The van der Waals surface area contributed by atoms with E-state index in [0.29, 0.717) is 11.3 Å². The summed E-state index contributed by atoms with van der Waals surface area (Å²) in [5, 5.41) is 8.76. The number of benzene rings is 2. The number of hydrogen-bond acceptors (Lipinski definition) is 2. The second-order valence-corrected chi connectivity index (χ2v) is 5.44. The normalized spacial score (nSPS) is 10.6. The molecule has 0 saturated carbocycles. The van der Waals surface area contributed by atoms with Crippen LogP contribution in [0.15, 0.2) is 41.3 Å². The van der Waals surface area contributed by atoms with Crippen LogP contribution in [0.25, 0.3) is 0 Å². The maximum Gasteiger partial charge on any atom is 0.338 e. The van der Waals surface area contributed by atoms with Crippen LogP contribution < -0.4 is 0 Å². The monoisotopic (exact) mass is 314 g/mol. The van der Waals surface area contributed by atoms with Crippen LogP contribution in [0.5, 0.6) is 0 Å². The number of carboxylic acid groups (broad SMARTS) is 1. The van der Waals surface area contributed by atoms with E-state index in [-0.39, 0.29) is 10.6 Å². The highest BCUT2D eigenvalue weighted by atomic mass is 35.5. The van der Waals surface area contributed by atoms with Crippen molar-refractivity contribution in [1.29, 1.82) is 0 Å². The number of hydrogen-bond donors (Lipinski definition) is 1. The van der Waals surface area contributed by atoms with Gasteiger partial charge in [-0.2, -0.15) is 0 Å². The lowest BCUT2D eigenvalue weighted by Gasteiger charge is -2.05. The summed E-state index contributed by atoms with van der Waals surface area (Å²) in [4.78, 5) is 11.4. The molecule has 1 N–H and O–H groups in total. The molecule has 0 amide bonds. The molecule has 0 heterocycles. The zero-order valence-corrected chi connectivity index (χ0v) is 11.6. The Hall–Kier alpha value is -1.59. The summed E-state index contributed by atoms with van der Waals surface area (Å²) in [6.45, 7) is 0. The SMILES string of the molecule is O=C(O)c1ccc(CSc2ccc(F)c(Cl)c2)cc1F. The molecule has 0 spiro atoms. The van der Waals surface area contributed by atoms with Gasteiger partial charge in [0.1, 0.15) is 11.6 Å². The van der Waals surface area contributed by atoms with Gasteiger partial charge in [0.15, 0.2) is 0 Å². The highest BCUT2D eigenvalue weighted by Gasteiger charge is 2.10. The van der Waals surface area contributed by atoms with Gasteiger partial charge in [-0.05, 0) is 35.9 Å². The summed E-state index contributed by atoms with van der Waals surface area (Å²) < 4.78 is 26.5. The fraction of sp³-hybridized carbons (Fsp3) is 0.0714. The molecule has 0 aromatic heterocycles. The molecule has 2 aromatic carbocycles. The summed E-state index contributed by atoms with van der Waals surface area (Å²) in [7, 11) is 0. The summed E-state index contributed by atoms with van der Waals surface area (Å²) >= 11 is 7.02. The van der Waals surface area contributed by atoms with E-state index < -0.39 is 17.6 Å². The molecule has 0 saturated heterocycles. The maximum atomic E-state index is 13.5. The second kappa shape index (κ2) is 6.24. The van der Waals surface area contributed by atoms with Crippen LogP contribution in [-0.2, 0) is 5.75 Å². The number of carboxylic acids is 1. The maximum absolute atomic E-state index is 13.5. The lowest BCUT2D eigenvalue weighted by molar-refractivity contribution is 0.0692. The van der Waals surface area contributed by atoms with E-state index in [2.05, 4.69) is 0 Å². The van der Waals surface area contributed by atoms with Crippen LogP contribution in [-0.4, -0.2) is 11.1 Å². The Balaban J connectivity index is 2.09. The number of thioether (sulfide) groups is 1. The number of rotatable bonds is 4. The first-order chi connectivity index (χ1) is 9.47. The molecule has 0 fully saturated rings. The van der Waals surface area contributed by atoms with Gasteiger partial charge in [0.05, 0.1) is 10.6 Å². The molecule has 2 rings (SSSR count). The molecule has 0 unspecified atom stereocenters. The van der Waals surface area contributed by atoms with Crippen molar-refractivity contribution in [2.75, 3.05) is 0 Å². The van der Waals surface area contributed by atoms with Crippen molar-refractivity contribution in [1.82, 2.24) is 0 Å². The molecule has 0 aliphatic rings. The largest absolute Gasteiger partial charge is 0.478 e. The van der Waals surface area contributed by atoms with Crippen molar-refractivity contribution >= 4 is 29.3 Å². The van der Waals surface area contributed by atoms with Crippen molar-refractivity contribution < 1.29 is 18.7 Å². The molecule has 2 aromatic rings. The number of carbonyl (C=O) groups is 1. The predicted octanol–water partition coefficient (Wildman–Crippen LogP) is 4.61. The third-order valence-electron chi connectivity index (χ3n) is 2.56. The van der Waals surface area contributed by atoms with Crippen molar-refractivity contribution in [2.45, 2.75) is 10.6 Å². The number of aromatic carboxylic acids is 1. The van der Waals surface area contributed by atoms with E-state index in [9.17, 15) is 13.6 Å². The molecule has 0 atom stereocenters. The Morgan fingerprint density at radius 2 is 1.90 bits per heavy atom. The number of halogens is 3. The molecular weight excluding hydrogens is 306 g/mol. The zero-order valence-electron chi connectivity index (χ0n) is 10.1. The minimum atomic E-state index is -1.30. The molecule has 104 valence electrons. The Morgan fingerprint density at radius 1 is 1.15 bits per heavy atom. The standard InChI is InChI=1S/C14H9ClF2O2S/c15-11-6-9(2-4-12(11)16)20-7-8-1-3-10(14(18)19)13(17)5-8/h1-6H,7H2,(H,18,19). The summed E-state index contributed by atoms with van der Waals surface area (Å²) in [5.41, 5.74) is 0.279. The van der Waals surface area contributed by atoms with Gasteiger partial charge in [-0.3, -0.25) is 0 Å². The Bertz CT molecular complexity index is 662. The molecule has 0 aliphatic heterocycles. The Labute approximate surface area is 123 Å². The quantitative estimate of drug-likeness (QED) is 0.837. The smallest absolute Gasteiger partial charge is 0.338 e. The van der Waals surface area contributed by atoms with Gasteiger partial charge in [0.2, 0.25) is 0 Å². The molecule has 0 radical (unpaired) electrons. The first-order valence-corrected chi connectivity index (χ1v) is 6.93. The van der Waals surface area contributed by atoms with Gasteiger partial charge in [-0.1, -0.05) is 17.7 Å². The van der Waals surface area contributed by atoms with E-state index in [1.807, 2.05) is 0 Å². The summed E-state index contributed by atoms with van der Waals surface area (Å²) in [6.07, 6.45) is 0. The van der Waals surface area contributed by atoms with Crippen LogP contribution in [0.4, 0.5) is 8.78 Å². The van der Waals surface area contributed by atoms with Gasteiger partial charge < -0.3 is 5.11 Å². The van der Waals surface area contributed by atoms with E-state index in [1.54, 1.807) is 12.1 Å². The Kier molecular flexibility index (Phi) is 4.62. The highest BCUT2D eigenvalue weighted by Crippen LogP contribution is 2.27. The van der Waals surface area contributed by atoms with Crippen LogP contribution in [0.1, 0.15) is 15.9 Å². The fourth-order valence-corrected chi connectivity index (χ4v) is 2.68. The van der Waals surface area contributed by atoms with E-state index in [1.165, 1.54) is 36.0 Å². The predicted molar refractivity (Wildman–Crippen MR) is 74.3 cm³/mol. The van der Waals surface area contributed by atoms with Gasteiger partial charge >= 0.3 is 5.97 Å². The van der Waals surface area contributed by atoms with Crippen molar-refractivity contribution in [3.63, 3.8) is 0 Å². The van der Waals surface area contributed by atoms with E-state index >= 15 is 0 Å². The van der Waals surface area contributed by atoms with Crippen LogP contribution >= 0.6 is 23.4 Å². The minimum Gasteiger partial charge on any atom is -0.478 e. The Morgan fingerprint density at radius 3 is 2.50 bits per heavy atom. The van der Waals surface area contributed by atoms with E-state index in [0.717, 1.165) is 4.90 Å². The lowest BCUT2D eigenvalue weighted by Crippen LogP contribution is -2.00. The molecule has 6 heteroatoms. The van der Waals surface area contributed by atoms with E-state index in [4.69, 9.17) is 16.7 Å². The molecule has 0 bridgehead atoms. The fourth-order valence-electron chi connectivity index (χ4n) is 1.56. The van der Waals surface area contributed by atoms with Crippen LogP contribution in [0.2, 0.25) is 5.02 Å². The van der Waals surface area contributed by atoms with Gasteiger partial charge in [-0.15, -0.1) is 11.8 Å². The molecule has 0 aliphatic carbocycles.